The lowest BCUT2D eigenvalue weighted by Gasteiger charge is -2.19. The van der Waals surface area contributed by atoms with Crippen molar-refractivity contribution in [2.45, 2.75) is 53.1 Å². The second-order valence-electron chi connectivity index (χ2n) is 5.54. The first-order valence-electron chi connectivity index (χ1n) is 7.69. The van der Waals surface area contributed by atoms with Crippen molar-refractivity contribution in [1.29, 1.82) is 0 Å². The van der Waals surface area contributed by atoms with Crippen LogP contribution in [0.15, 0.2) is 24.3 Å². The SMILES string of the molecule is CCCN(CC)Cc1ccc(CCNC(C)C)cc1. The van der Waals surface area contributed by atoms with E-state index in [1.54, 1.807) is 0 Å². The summed E-state index contributed by atoms with van der Waals surface area (Å²) in [5.74, 6) is 0. The minimum Gasteiger partial charge on any atom is -0.314 e. The van der Waals surface area contributed by atoms with Gasteiger partial charge in [-0.1, -0.05) is 52.0 Å². The average Bonchev–Trinajstić information content (AvgIpc) is 2.39. The molecule has 1 aromatic carbocycles. The molecule has 0 spiro atoms. The summed E-state index contributed by atoms with van der Waals surface area (Å²) in [5.41, 5.74) is 2.85. The van der Waals surface area contributed by atoms with Crippen LogP contribution in [0.25, 0.3) is 0 Å². The summed E-state index contributed by atoms with van der Waals surface area (Å²) >= 11 is 0. The van der Waals surface area contributed by atoms with Crippen LogP contribution < -0.4 is 5.32 Å². The van der Waals surface area contributed by atoms with Gasteiger partial charge < -0.3 is 5.32 Å². The number of nitrogens with zero attached hydrogens (tertiary/aromatic N) is 1. The molecule has 19 heavy (non-hydrogen) atoms. The molecule has 0 aromatic heterocycles. The molecule has 0 radical (unpaired) electrons. The Labute approximate surface area is 119 Å². The Morgan fingerprint density at radius 3 is 2.21 bits per heavy atom. The average molecular weight is 262 g/mol. The maximum Gasteiger partial charge on any atom is 0.0233 e. The molecule has 1 rings (SSSR count). The fourth-order valence-corrected chi connectivity index (χ4v) is 2.24. The lowest BCUT2D eigenvalue weighted by atomic mass is 10.1. The van der Waals surface area contributed by atoms with E-state index in [0.717, 1.165) is 26.1 Å². The van der Waals surface area contributed by atoms with E-state index < -0.39 is 0 Å². The molecule has 2 heteroatoms. The highest BCUT2D eigenvalue weighted by atomic mass is 15.1. The fraction of sp³-hybridized carbons (Fsp3) is 0.647. The highest BCUT2D eigenvalue weighted by Crippen LogP contribution is 2.08. The van der Waals surface area contributed by atoms with Crippen LogP contribution in [0.1, 0.15) is 45.2 Å². The Bertz CT molecular complexity index is 330. The van der Waals surface area contributed by atoms with Crippen molar-refractivity contribution in [3.05, 3.63) is 35.4 Å². The van der Waals surface area contributed by atoms with Crippen molar-refractivity contribution < 1.29 is 0 Å². The molecule has 0 aliphatic rings. The molecule has 0 bridgehead atoms. The minimum absolute atomic E-state index is 0.575. The van der Waals surface area contributed by atoms with E-state index in [0.29, 0.717) is 6.04 Å². The number of hydrogen-bond acceptors (Lipinski definition) is 2. The zero-order valence-electron chi connectivity index (χ0n) is 13.1. The zero-order valence-corrected chi connectivity index (χ0v) is 13.1. The highest BCUT2D eigenvalue weighted by Gasteiger charge is 2.02. The molecule has 0 aliphatic carbocycles. The first-order chi connectivity index (χ1) is 9.15. The Balaban J connectivity index is 2.42. The Morgan fingerprint density at radius 1 is 1.05 bits per heavy atom. The van der Waals surface area contributed by atoms with Gasteiger partial charge in [0.1, 0.15) is 0 Å². The van der Waals surface area contributed by atoms with Gasteiger partial charge in [0.15, 0.2) is 0 Å². The molecule has 0 saturated carbocycles. The lowest BCUT2D eigenvalue weighted by molar-refractivity contribution is 0.280. The van der Waals surface area contributed by atoms with E-state index in [4.69, 9.17) is 0 Å². The van der Waals surface area contributed by atoms with Crippen LogP contribution in [-0.4, -0.2) is 30.6 Å². The summed E-state index contributed by atoms with van der Waals surface area (Å²) in [6.45, 7) is 13.3. The maximum absolute atomic E-state index is 3.46. The van der Waals surface area contributed by atoms with Crippen molar-refractivity contribution >= 4 is 0 Å². The van der Waals surface area contributed by atoms with Gasteiger partial charge in [-0.3, -0.25) is 4.90 Å². The topological polar surface area (TPSA) is 15.3 Å². The molecule has 0 amide bonds. The molecule has 0 aliphatic heterocycles. The van der Waals surface area contributed by atoms with E-state index in [2.05, 4.69) is 62.2 Å². The summed E-state index contributed by atoms with van der Waals surface area (Å²) in [6.07, 6.45) is 2.34. The van der Waals surface area contributed by atoms with Crippen LogP contribution in [0.2, 0.25) is 0 Å². The Hall–Kier alpha value is -0.860. The zero-order chi connectivity index (χ0) is 14.1. The van der Waals surface area contributed by atoms with Gasteiger partial charge in [0.2, 0.25) is 0 Å². The molecule has 0 unspecified atom stereocenters. The molecule has 0 atom stereocenters. The molecule has 1 N–H and O–H groups in total. The lowest BCUT2D eigenvalue weighted by Crippen LogP contribution is -2.25. The van der Waals surface area contributed by atoms with Crippen LogP contribution in [0.4, 0.5) is 0 Å². The predicted molar refractivity (Wildman–Crippen MR) is 84.5 cm³/mol. The second kappa shape index (κ2) is 9.11. The number of rotatable bonds is 9. The van der Waals surface area contributed by atoms with E-state index in [9.17, 15) is 0 Å². The quantitative estimate of drug-likeness (QED) is 0.733. The molecular formula is C17H30N2. The van der Waals surface area contributed by atoms with E-state index >= 15 is 0 Å². The van der Waals surface area contributed by atoms with Gasteiger partial charge in [-0.05, 0) is 43.6 Å². The van der Waals surface area contributed by atoms with Crippen LogP contribution in [-0.2, 0) is 13.0 Å². The normalized spacial score (nSPS) is 11.5. The second-order valence-corrected chi connectivity index (χ2v) is 5.54. The molecule has 1 aromatic rings. The van der Waals surface area contributed by atoms with E-state index in [1.165, 1.54) is 24.1 Å². The summed E-state index contributed by atoms with van der Waals surface area (Å²) in [5, 5.41) is 3.46. The third kappa shape index (κ3) is 6.74. The van der Waals surface area contributed by atoms with Gasteiger partial charge in [0, 0.05) is 12.6 Å². The van der Waals surface area contributed by atoms with E-state index in [1.807, 2.05) is 0 Å². The molecular weight excluding hydrogens is 232 g/mol. The third-order valence-electron chi connectivity index (χ3n) is 3.38. The van der Waals surface area contributed by atoms with Gasteiger partial charge in [0.25, 0.3) is 0 Å². The minimum atomic E-state index is 0.575. The highest BCUT2D eigenvalue weighted by molar-refractivity contribution is 5.22. The van der Waals surface area contributed by atoms with Gasteiger partial charge in [-0.15, -0.1) is 0 Å². The first kappa shape index (κ1) is 16.2. The molecule has 0 fully saturated rings. The standard InChI is InChI=1S/C17H30N2/c1-5-13-19(6-2)14-17-9-7-16(8-10-17)11-12-18-15(3)4/h7-10,15,18H,5-6,11-14H2,1-4H3. The maximum atomic E-state index is 3.46. The first-order valence-corrected chi connectivity index (χ1v) is 7.69. The van der Waals surface area contributed by atoms with Crippen LogP contribution >= 0.6 is 0 Å². The smallest absolute Gasteiger partial charge is 0.0233 e. The van der Waals surface area contributed by atoms with Crippen molar-refractivity contribution in [2.24, 2.45) is 0 Å². The number of hydrogen-bond donors (Lipinski definition) is 1. The van der Waals surface area contributed by atoms with Gasteiger partial charge in [-0.25, -0.2) is 0 Å². The number of nitrogens with one attached hydrogen (secondary N) is 1. The largest absolute Gasteiger partial charge is 0.314 e. The molecule has 0 heterocycles. The van der Waals surface area contributed by atoms with Crippen molar-refractivity contribution in [1.82, 2.24) is 10.2 Å². The summed E-state index contributed by atoms with van der Waals surface area (Å²) in [4.78, 5) is 2.50. The summed E-state index contributed by atoms with van der Waals surface area (Å²) < 4.78 is 0. The Morgan fingerprint density at radius 2 is 1.68 bits per heavy atom. The van der Waals surface area contributed by atoms with Crippen molar-refractivity contribution in [3.63, 3.8) is 0 Å². The van der Waals surface area contributed by atoms with Gasteiger partial charge >= 0.3 is 0 Å². The van der Waals surface area contributed by atoms with Crippen LogP contribution in [0.3, 0.4) is 0 Å². The van der Waals surface area contributed by atoms with E-state index in [-0.39, 0.29) is 0 Å². The molecule has 2 nitrogen and oxygen atoms in total. The van der Waals surface area contributed by atoms with Gasteiger partial charge in [-0.2, -0.15) is 0 Å². The monoisotopic (exact) mass is 262 g/mol. The molecule has 108 valence electrons. The molecule has 0 saturated heterocycles. The van der Waals surface area contributed by atoms with Gasteiger partial charge in [0.05, 0.1) is 0 Å². The third-order valence-corrected chi connectivity index (χ3v) is 3.38. The number of benzene rings is 1. The Kier molecular flexibility index (Phi) is 7.76. The summed E-state index contributed by atoms with van der Waals surface area (Å²) in [7, 11) is 0. The van der Waals surface area contributed by atoms with Crippen LogP contribution in [0.5, 0.6) is 0 Å². The predicted octanol–water partition coefficient (Wildman–Crippen LogP) is 3.46. The fourth-order valence-electron chi connectivity index (χ4n) is 2.24. The summed E-state index contributed by atoms with van der Waals surface area (Å²) in [6, 6.07) is 9.69. The van der Waals surface area contributed by atoms with Crippen molar-refractivity contribution in [2.75, 3.05) is 19.6 Å². The van der Waals surface area contributed by atoms with Crippen molar-refractivity contribution in [3.8, 4) is 0 Å². The van der Waals surface area contributed by atoms with Crippen LogP contribution in [0, 0.1) is 0 Å².